The number of anilines is 2. The molecule has 2 rings (SSSR count). The Hall–Kier alpha value is -2.28. The van der Waals surface area contributed by atoms with Crippen molar-refractivity contribution in [3.05, 3.63) is 41.7 Å². The summed E-state index contributed by atoms with van der Waals surface area (Å²) in [6, 6.07) is 5.59. The number of nitrogens with zero attached hydrogens (tertiary/aromatic N) is 1. The normalized spacial score (nSPS) is 9.83. The first-order valence-corrected chi connectivity index (χ1v) is 5.81. The second kappa shape index (κ2) is 5.37. The minimum Gasteiger partial charge on any atom is -0.315 e. The summed E-state index contributed by atoms with van der Waals surface area (Å²) < 4.78 is 13.2. The zero-order valence-corrected chi connectivity index (χ0v) is 9.83. The number of benzene rings is 1. The summed E-state index contributed by atoms with van der Waals surface area (Å²) in [6.07, 6.45) is 1.50. The number of nitrogens with one attached hydrogen (secondary N) is 2. The van der Waals surface area contributed by atoms with E-state index in [1.165, 1.54) is 35.7 Å². The van der Waals surface area contributed by atoms with Gasteiger partial charge in [0.1, 0.15) is 5.82 Å². The van der Waals surface area contributed by atoms with E-state index in [-0.39, 0.29) is 5.69 Å². The first-order valence-electron chi connectivity index (χ1n) is 4.93. The summed E-state index contributed by atoms with van der Waals surface area (Å²) >= 11 is 1.18. The molecule has 2 aromatic rings. The van der Waals surface area contributed by atoms with E-state index in [9.17, 15) is 14.0 Å². The molecule has 1 heterocycles. The Labute approximate surface area is 106 Å². The molecular formula is C11H8FN3O2S. The lowest BCUT2D eigenvalue weighted by atomic mass is 10.3. The highest BCUT2D eigenvalue weighted by Gasteiger charge is 2.16. The van der Waals surface area contributed by atoms with Gasteiger partial charge in [-0.3, -0.25) is 14.9 Å². The van der Waals surface area contributed by atoms with Crippen LogP contribution in [0.15, 0.2) is 35.8 Å². The summed E-state index contributed by atoms with van der Waals surface area (Å²) in [6.45, 7) is 0. The third-order valence-corrected chi connectivity index (χ3v) is 2.67. The summed E-state index contributed by atoms with van der Waals surface area (Å²) in [4.78, 5) is 26.7. The van der Waals surface area contributed by atoms with E-state index >= 15 is 0 Å². The SMILES string of the molecule is O=C(Nc1nccs1)C(=O)Nc1ccccc1F. The number of carbonyl (C=O) groups excluding carboxylic acids is 2. The predicted molar refractivity (Wildman–Crippen MR) is 65.8 cm³/mol. The van der Waals surface area contributed by atoms with Gasteiger partial charge in [0, 0.05) is 11.6 Å². The van der Waals surface area contributed by atoms with Crippen LogP contribution in [-0.2, 0) is 9.59 Å². The maximum absolute atomic E-state index is 13.2. The van der Waals surface area contributed by atoms with Crippen LogP contribution in [0.3, 0.4) is 0 Å². The van der Waals surface area contributed by atoms with Gasteiger partial charge in [-0.2, -0.15) is 0 Å². The molecule has 7 heteroatoms. The van der Waals surface area contributed by atoms with Gasteiger partial charge in [-0.05, 0) is 12.1 Å². The Morgan fingerprint density at radius 2 is 1.89 bits per heavy atom. The fourth-order valence-corrected chi connectivity index (χ4v) is 1.70. The van der Waals surface area contributed by atoms with Crippen LogP contribution in [0, 0.1) is 5.82 Å². The van der Waals surface area contributed by atoms with E-state index in [0.29, 0.717) is 5.13 Å². The molecular weight excluding hydrogens is 257 g/mol. The van der Waals surface area contributed by atoms with Crippen molar-refractivity contribution in [3.63, 3.8) is 0 Å². The van der Waals surface area contributed by atoms with Crippen LogP contribution < -0.4 is 10.6 Å². The predicted octanol–water partition coefficient (Wildman–Crippen LogP) is 1.86. The molecule has 0 bridgehead atoms. The van der Waals surface area contributed by atoms with E-state index in [0.717, 1.165) is 0 Å². The highest BCUT2D eigenvalue weighted by atomic mass is 32.1. The van der Waals surface area contributed by atoms with Crippen LogP contribution in [0.25, 0.3) is 0 Å². The quantitative estimate of drug-likeness (QED) is 0.814. The number of amides is 2. The second-order valence-electron chi connectivity index (χ2n) is 3.23. The van der Waals surface area contributed by atoms with Gasteiger partial charge in [0.25, 0.3) is 0 Å². The lowest BCUT2D eigenvalue weighted by Gasteiger charge is -2.05. The first kappa shape index (κ1) is 12.2. The molecule has 0 aliphatic rings. The van der Waals surface area contributed by atoms with Crippen molar-refractivity contribution in [2.75, 3.05) is 10.6 Å². The molecule has 1 aromatic carbocycles. The Bertz CT molecular complexity index is 571. The maximum atomic E-state index is 13.2. The Morgan fingerprint density at radius 3 is 2.56 bits per heavy atom. The molecule has 0 radical (unpaired) electrons. The van der Waals surface area contributed by atoms with Crippen molar-refractivity contribution in [2.24, 2.45) is 0 Å². The van der Waals surface area contributed by atoms with Gasteiger partial charge < -0.3 is 5.32 Å². The van der Waals surface area contributed by atoms with Gasteiger partial charge in [0.2, 0.25) is 0 Å². The van der Waals surface area contributed by atoms with E-state index in [2.05, 4.69) is 15.6 Å². The lowest BCUT2D eigenvalue weighted by molar-refractivity contribution is -0.133. The Morgan fingerprint density at radius 1 is 1.17 bits per heavy atom. The van der Waals surface area contributed by atoms with Crippen molar-refractivity contribution in [3.8, 4) is 0 Å². The van der Waals surface area contributed by atoms with Gasteiger partial charge in [-0.1, -0.05) is 12.1 Å². The first-order chi connectivity index (χ1) is 8.66. The van der Waals surface area contributed by atoms with Gasteiger partial charge in [-0.25, -0.2) is 9.37 Å². The fraction of sp³-hybridized carbons (Fsp3) is 0. The van der Waals surface area contributed by atoms with Gasteiger partial charge in [-0.15, -0.1) is 11.3 Å². The Kier molecular flexibility index (Phi) is 3.63. The van der Waals surface area contributed by atoms with Crippen LogP contribution >= 0.6 is 11.3 Å². The number of thiazole rings is 1. The minimum atomic E-state index is -0.949. The number of carbonyl (C=O) groups is 2. The van der Waals surface area contributed by atoms with E-state index in [1.54, 1.807) is 11.4 Å². The molecule has 1 aromatic heterocycles. The van der Waals surface area contributed by atoms with Gasteiger partial charge in [0.05, 0.1) is 5.69 Å². The van der Waals surface area contributed by atoms with Crippen molar-refractivity contribution in [1.82, 2.24) is 4.98 Å². The van der Waals surface area contributed by atoms with Crippen LogP contribution in [0.5, 0.6) is 0 Å². The van der Waals surface area contributed by atoms with Crippen molar-refractivity contribution in [2.45, 2.75) is 0 Å². The number of para-hydroxylation sites is 1. The largest absolute Gasteiger partial charge is 0.315 e. The second-order valence-corrected chi connectivity index (χ2v) is 4.12. The molecule has 0 atom stereocenters. The van der Waals surface area contributed by atoms with E-state index in [1.807, 2.05) is 0 Å². The summed E-state index contributed by atoms with van der Waals surface area (Å²) in [7, 11) is 0. The third kappa shape index (κ3) is 2.89. The van der Waals surface area contributed by atoms with Crippen molar-refractivity contribution < 1.29 is 14.0 Å². The number of rotatable bonds is 2. The van der Waals surface area contributed by atoms with Crippen LogP contribution in [0.4, 0.5) is 15.2 Å². The Balaban J connectivity index is 2.00. The molecule has 5 nitrogen and oxygen atoms in total. The van der Waals surface area contributed by atoms with Crippen LogP contribution in [0.1, 0.15) is 0 Å². The topological polar surface area (TPSA) is 71.1 Å². The molecule has 0 aliphatic heterocycles. The smallest absolute Gasteiger partial charge is 0.315 e. The third-order valence-electron chi connectivity index (χ3n) is 1.98. The molecule has 0 saturated heterocycles. The van der Waals surface area contributed by atoms with Crippen LogP contribution in [-0.4, -0.2) is 16.8 Å². The molecule has 0 saturated carbocycles. The van der Waals surface area contributed by atoms with Crippen LogP contribution in [0.2, 0.25) is 0 Å². The molecule has 18 heavy (non-hydrogen) atoms. The molecule has 2 N–H and O–H groups in total. The lowest BCUT2D eigenvalue weighted by Crippen LogP contribution is -2.29. The highest BCUT2D eigenvalue weighted by Crippen LogP contribution is 2.13. The van der Waals surface area contributed by atoms with E-state index in [4.69, 9.17) is 0 Å². The molecule has 0 unspecified atom stereocenters. The molecule has 0 fully saturated rings. The number of aromatic nitrogens is 1. The highest BCUT2D eigenvalue weighted by molar-refractivity contribution is 7.13. The average Bonchev–Trinajstić information content (AvgIpc) is 2.84. The molecule has 2 amide bonds. The molecule has 0 spiro atoms. The monoisotopic (exact) mass is 265 g/mol. The minimum absolute atomic E-state index is 0.0446. The maximum Gasteiger partial charge on any atom is 0.315 e. The van der Waals surface area contributed by atoms with Gasteiger partial charge in [0.15, 0.2) is 5.13 Å². The van der Waals surface area contributed by atoms with Crippen molar-refractivity contribution in [1.29, 1.82) is 0 Å². The average molecular weight is 265 g/mol. The summed E-state index contributed by atoms with van der Waals surface area (Å²) in [5, 5.41) is 6.43. The number of hydrogen-bond donors (Lipinski definition) is 2. The zero-order valence-electron chi connectivity index (χ0n) is 9.01. The number of halogens is 1. The standard InChI is InChI=1S/C11H8FN3O2S/c12-7-3-1-2-4-8(7)14-9(16)10(17)15-11-13-5-6-18-11/h1-6H,(H,14,16)(H,13,15,17). The molecule has 0 aliphatic carbocycles. The van der Waals surface area contributed by atoms with E-state index < -0.39 is 17.6 Å². The van der Waals surface area contributed by atoms with Crippen molar-refractivity contribution >= 4 is 34.0 Å². The molecule has 92 valence electrons. The van der Waals surface area contributed by atoms with Gasteiger partial charge >= 0.3 is 11.8 Å². The number of hydrogen-bond acceptors (Lipinski definition) is 4. The summed E-state index contributed by atoms with van der Waals surface area (Å²) in [5.74, 6) is -2.45. The zero-order chi connectivity index (χ0) is 13.0. The summed E-state index contributed by atoms with van der Waals surface area (Å²) in [5.41, 5.74) is -0.0446. The fourth-order valence-electron chi connectivity index (χ4n) is 1.18.